The highest BCUT2D eigenvalue weighted by atomic mass is 32.1. The van der Waals surface area contributed by atoms with E-state index in [1.165, 1.54) is 171 Å². The summed E-state index contributed by atoms with van der Waals surface area (Å²) >= 11 is 3.91. The van der Waals surface area contributed by atoms with E-state index < -0.39 is 0 Å². The van der Waals surface area contributed by atoms with E-state index in [1.807, 2.05) is 22.7 Å². The van der Waals surface area contributed by atoms with E-state index in [4.69, 9.17) is 0 Å². The van der Waals surface area contributed by atoms with Crippen molar-refractivity contribution in [3.05, 3.63) is 161 Å². The van der Waals surface area contributed by atoms with Crippen LogP contribution in [0, 0.1) is 13.8 Å². The maximum absolute atomic E-state index is 2.73. The summed E-state index contributed by atoms with van der Waals surface area (Å²) in [6, 6.07) is 51.3. The van der Waals surface area contributed by atoms with Crippen LogP contribution in [0.1, 0.15) is 114 Å². The number of rotatable bonds is 2. The van der Waals surface area contributed by atoms with Gasteiger partial charge < -0.3 is 9.38 Å². The van der Waals surface area contributed by atoms with E-state index in [-0.39, 0.29) is 28.5 Å². The summed E-state index contributed by atoms with van der Waals surface area (Å²) in [7, 11) is 0. The summed E-state index contributed by atoms with van der Waals surface area (Å²) in [5.41, 5.74) is 23.6. The Balaban J connectivity index is 1.13. The van der Waals surface area contributed by atoms with Crippen molar-refractivity contribution in [2.45, 2.75) is 117 Å². The lowest BCUT2D eigenvalue weighted by molar-refractivity contribution is 0.332. The van der Waals surface area contributed by atoms with Gasteiger partial charge in [-0.3, -0.25) is 0 Å². The fraction of sp³-hybridized carbons (Fsp3) is 0.273. The normalized spacial score (nSPS) is 17.9. The quantitative estimate of drug-likeness (QED) is 0.157. The molecular weight excluding hydrogens is 896 g/mol. The van der Waals surface area contributed by atoms with E-state index in [1.54, 1.807) is 0 Å². The van der Waals surface area contributed by atoms with E-state index in [0.29, 0.717) is 0 Å². The molecular formula is C66H59BN2S2. The van der Waals surface area contributed by atoms with Gasteiger partial charge in [0.1, 0.15) is 0 Å². The summed E-state index contributed by atoms with van der Waals surface area (Å²) in [6.07, 6.45) is 4.77. The van der Waals surface area contributed by atoms with Gasteiger partial charge in [0.2, 0.25) is 0 Å². The van der Waals surface area contributed by atoms with Crippen LogP contribution in [0.15, 0.2) is 127 Å². The Kier molecular flexibility index (Phi) is 8.31. The summed E-state index contributed by atoms with van der Waals surface area (Å²) in [6.45, 7) is 24.3. The molecule has 0 N–H and O–H groups in total. The van der Waals surface area contributed by atoms with E-state index >= 15 is 0 Å². The van der Waals surface area contributed by atoms with Gasteiger partial charge in [-0.25, -0.2) is 0 Å². The summed E-state index contributed by atoms with van der Waals surface area (Å²) < 4.78 is 8.17. The minimum atomic E-state index is -0.0446. The molecule has 2 aliphatic heterocycles. The topological polar surface area (TPSA) is 8.17 Å². The molecule has 8 aromatic carbocycles. The number of aromatic nitrogens is 1. The summed E-state index contributed by atoms with van der Waals surface area (Å²) in [5.74, 6) is 0. The maximum atomic E-state index is 2.73. The Morgan fingerprint density at radius 2 is 1.04 bits per heavy atom. The molecule has 0 atom stereocenters. The molecule has 0 spiro atoms. The number of hydrogen-bond donors (Lipinski definition) is 0. The molecule has 2 aliphatic carbocycles. The molecule has 0 unspecified atom stereocenters. The molecule has 0 amide bonds. The van der Waals surface area contributed by atoms with Crippen LogP contribution in [0.25, 0.3) is 90.1 Å². The summed E-state index contributed by atoms with van der Waals surface area (Å²) in [4.78, 5) is 2.73. The number of nitrogens with zero attached hydrogens (tertiary/aromatic N) is 2. The zero-order valence-electron chi connectivity index (χ0n) is 42.7. The van der Waals surface area contributed by atoms with Gasteiger partial charge in [0.15, 0.2) is 0 Å². The molecule has 15 rings (SSSR count). The average molecular weight is 955 g/mol. The van der Waals surface area contributed by atoms with E-state index in [2.05, 4.69) is 206 Å². The van der Waals surface area contributed by atoms with Crippen molar-refractivity contribution in [1.29, 1.82) is 0 Å². The molecule has 348 valence electrons. The molecule has 71 heavy (non-hydrogen) atoms. The molecule has 0 saturated carbocycles. The van der Waals surface area contributed by atoms with E-state index in [0.717, 1.165) is 0 Å². The van der Waals surface area contributed by atoms with Gasteiger partial charge in [0, 0.05) is 73.7 Å². The first kappa shape index (κ1) is 42.5. The van der Waals surface area contributed by atoms with E-state index in [9.17, 15) is 0 Å². The van der Waals surface area contributed by atoms with Gasteiger partial charge in [-0.1, -0.05) is 121 Å². The first-order valence-corrected chi connectivity index (χ1v) is 27.7. The van der Waals surface area contributed by atoms with Gasteiger partial charge in [-0.15, -0.1) is 22.7 Å². The Morgan fingerprint density at radius 1 is 0.451 bits per heavy atom. The first-order valence-electron chi connectivity index (χ1n) is 26.1. The Hall–Kier alpha value is -6.14. The van der Waals surface area contributed by atoms with Crippen molar-refractivity contribution in [3.8, 4) is 27.9 Å². The van der Waals surface area contributed by atoms with Crippen molar-refractivity contribution < 1.29 is 0 Å². The fourth-order valence-electron chi connectivity index (χ4n) is 14.1. The lowest BCUT2D eigenvalue weighted by Gasteiger charge is -2.42. The number of hydrogen-bond acceptors (Lipinski definition) is 3. The van der Waals surface area contributed by atoms with Crippen molar-refractivity contribution >= 4 is 114 Å². The molecule has 3 aromatic heterocycles. The van der Waals surface area contributed by atoms with Crippen LogP contribution in [0.4, 0.5) is 11.4 Å². The fourth-order valence-corrected chi connectivity index (χ4v) is 16.4. The number of benzene rings is 8. The third-order valence-corrected chi connectivity index (χ3v) is 20.7. The van der Waals surface area contributed by atoms with Crippen LogP contribution in [0.5, 0.6) is 0 Å². The van der Waals surface area contributed by atoms with Crippen molar-refractivity contribution in [2.75, 3.05) is 4.81 Å². The van der Waals surface area contributed by atoms with Gasteiger partial charge in [-0.2, -0.15) is 0 Å². The lowest BCUT2D eigenvalue weighted by Crippen LogP contribution is -2.60. The number of fused-ring (bicyclic) bond motifs is 16. The van der Waals surface area contributed by atoms with Crippen molar-refractivity contribution in [1.82, 2.24) is 4.57 Å². The molecule has 2 nitrogen and oxygen atoms in total. The number of anilines is 2. The number of aryl methyl sites for hydroxylation is 2. The molecule has 0 radical (unpaired) electrons. The van der Waals surface area contributed by atoms with Gasteiger partial charge in [-0.05, 0) is 184 Å². The minimum absolute atomic E-state index is 0.0446. The standard InChI is InChI=1S/C66H59BN2S2/c1-36-15-19-39(20-16-36)69-55-35-59-44(45-31-48-51(34-58(45)71-59)66(9,10)26-24-63(48,3)4)30-43(55)46-29-42(38-18-21-41-40-13-11-12-14-56(40)70-57(41)28-38)60-47-32-49-50(65(7,8)25-23-64(49,5)6)33-54(47)68-53-22-17-37(2)27-52(53)67(69)61(46)62(60)68/h11-22,27-35H,23-26H2,1-10H3. The van der Waals surface area contributed by atoms with Gasteiger partial charge in [0.25, 0.3) is 0 Å². The molecule has 0 fully saturated rings. The second-order valence-electron chi connectivity index (χ2n) is 24.7. The molecule has 0 saturated heterocycles. The second-order valence-corrected chi connectivity index (χ2v) is 26.9. The van der Waals surface area contributed by atoms with Crippen LogP contribution in [0.3, 0.4) is 0 Å². The first-order chi connectivity index (χ1) is 34.0. The third-order valence-electron chi connectivity index (χ3n) is 18.4. The molecule has 5 heteroatoms. The second kappa shape index (κ2) is 13.9. The largest absolute Gasteiger partial charge is 0.376 e. The molecule has 5 heterocycles. The highest BCUT2D eigenvalue weighted by molar-refractivity contribution is 7.26. The maximum Gasteiger partial charge on any atom is 0.333 e. The van der Waals surface area contributed by atoms with Gasteiger partial charge >= 0.3 is 6.85 Å². The lowest BCUT2D eigenvalue weighted by atomic mass is 9.43. The highest BCUT2D eigenvalue weighted by Gasteiger charge is 2.46. The zero-order valence-corrected chi connectivity index (χ0v) is 44.4. The smallest absolute Gasteiger partial charge is 0.333 e. The van der Waals surface area contributed by atoms with Gasteiger partial charge in [0.05, 0.1) is 11.0 Å². The Labute approximate surface area is 426 Å². The van der Waals surface area contributed by atoms with Crippen molar-refractivity contribution in [2.24, 2.45) is 0 Å². The summed E-state index contributed by atoms with van der Waals surface area (Å²) in [5, 5.41) is 8.21. The molecule has 0 bridgehead atoms. The predicted octanol–water partition coefficient (Wildman–Crippen LogP) is 17.7. The van der Waals surface area contributed by atoms with Crippen LogP contribution in [0.2, 0.25) is 0 Å². The van der Waals surface area contributed by atoms with Crippen LogP contribution in [-0.2, 0) is 21.7 Å². The Bertz CT molecular complexity index is 4210. The van der Waals surface area contributed by atoms with Crippen LogP contribution < -0.4 is 15.7 Å². The molecule has 4 aliphatic rings. The average Bonchev–Trinajstić information content (AvgIpc) is 4.01. The van der Waals surface area contributed by atoms with Crippen LogP contribution in [-0.4, -0.2) is 11.4 Å². The zero-order chi connectivity index (χ0) is 48.4. The van der Waals surface area contributed by atoms with Crippen LogP contribution >= 0.6 is 22.7 Å². The van der Waals surface area contributed by atoms with Crippen molar-refractivity contribution in [3.63, 3.8) is 0 Å². The number of thiophene rings is 2. The predicted molar refractivity (Wildman–Crippen MR) is 311 cm³/mol. The molecule has 11 aromatic rings. The third kappa shape index (κ3) is 5.71. The highest BCUT2D eigenvalue weighted by Crippen LogP contribution is 2.55. The SMILES string of the molecule is Cc1ccc(N2B3c4cc(C)ccc4-n4c5cc6c(cc5c5c(-c7ccc8c(c7)sc7ccccc78)cc(c3c54)-c3cc4c(cc32)sc2cc3c(cc24)C(C)(C)CCC3(C)C)C(C)(C)CCC6(C)C)cc1. The monoisotopic (exact) mass is 954 g/mol. The Morgan fingerprint density at radius 3 is 1.77 bits per heavy atom. The minimum Gasteiger partial charge on any atom is -0.376 e.